The van der Waals surface area contributed by atoms with Crippen molar-refractivity contribution in [1.29, 1.82) is 0 Å². The molecular weight excluding hydrogens is 266 g/mol. The van der Waals surface area contributed by atoms with E-state index < -0.39 is 0 Å². The molecule has 0 bridgehead atoms. The Labute approximate surface area is 127 Å². The van der Waals surface area contributed by atoms with E-state index in [-0.39, 0.29) is 6.61 Å². The highest BCUT2D eigenvalue weighted by molar-refractivity contribution is 5.49. The molecule has 6 heteroatoms. The molecule has 1 aromatic rings. The van der Waals surface area contributed by atoms with Gasteiger partial charge in [-0.15, -0.1) is 0 Å². The lowest BCUT2D eigenvalue weighted by molar-refractivity contribution is 0.204. The number of hydrogen-bond donors (Lipinski definition) is 2. The Bertz CT molecular complexity index is 440. The molecule has 1 fully saturated rings. The zero-order valence-corrected chi connectivity index (χ0v) is 13.2. The third kappa shape index (κ3) is 4.54. The van der Waals surface area contributed by atoms with Gasteiger partial charge in [0.15, 0.2) is 0 Å². The molecule has 2 rings (SSSR count). The molecule has 1 aliphatic rings. The minimum Gasteiger partial charge on any atom is -0.395 e. The highest BCUT2D eigenvalue weighted by atomic mass is 16.3. The zero-order valence-electron chi connectivity index (χ0n) is 13.2. The second kappa shape index (κ2) is 8.14. The van der Waals surface area contributed by atoms with Crippen LogP contribution in [0.1, 0.15) is 25.6 Å². The van der Waals surface area contributed by atoms with E-state index in [0.29, 0.717) is 0 Å². The summed E-state index contributed by atoms with van der Waals surface area (Å²) >= 11 is 0. The zero-order chi connectivity index (χ0) is 15.1. The summed E-state index contributed by atoms with van der Waals surface area (Å²) in [5, 5.41) is 12.2. The molecule has 0 radical (unpaired) electrons. The highest BCUT2D eigenvalue weighted by Crippen LogP contribution is 2.18. The number of aromatic nitrogens is 2. The summed E-state index contributed by atoms with van der Waals surface area (Å²) in [5.41, 5.74) is 0. The monoisotopic (exact) mass is 293 g/mol. The summed E-state index contributed by atoms with van der Waals surface area (Å²) in [7, 11) is 1.90. The van der Waals surface area contributed by atoms with Crippen LogP contribution in [0.4, 0.5) is 11.6 Å². The van der Waals surface area contributed by atoms with E-state index in [4.69, 9.17) is 10.1 Å². The topological polar surface area (TPSA) is 64.5 Å². The van der Waals surface area contributed by atoms with Crippen LogP contribution in [0.25, 0.3) is 0 Å². The van der Waals surface area contributed by atoms with Crippen LogP contribution in [0.15, 0.2) is 6.07 Å². The van der Waals surface area contributed by atoms with Gasteiger partial charge >= 0.3 is 0 Å². The second-order valence-corrected chi connectivity index (χ2v) is 5.43. The van der Waals surface area contributed by atoms with E-state index >= 15 is 0 Å². The molecule has 0 aliphatic carbocycles. The third-order valence-corrected chi connectivity index (χ3v) is 3.82. The van der Waals surface area contributed by atoms with E-state index in [1.54, 1.807) is 0 Å². The smallest absolute Gasteiger partial charge is 0.134 e. The Kier molecular flexibility index (Phi) is 6.20. The maximum Gasteiger partial charge on any atom is 0.134 e. The number of β-amino-alcohol motifs (C(OH)–C–C–N with tert-alkyl or cyclic N) is 1. The van der Waals surface area contributed by atoms with Gasteiger partial charge in [0.1, 0.15) is 17.5 Å². The maximum atomic E-state index is 9.07. The number of rotatable bonds is 6. The first kappa shape index (κ1) is 16.0. The van der Waals surface area contributed by atoms with Gasteiger partial charge in [0.05, 0.1) is 6.61 Å². The number of hydrogen-bond acceptors (Lipinski definition) is 6. The fraction of sp³-hybridized carbons (Fsp3) is 0.733. The van der Waals surface area contributed by atoms with Gasteiger partial charge in [-0.3, -0.25) is 4.90 Å². The van der Waals surface area contributed by atoms with Crippen LogP contribution in [0.3, 0.4) is 0 Å². The molecule has 0 atom stereocenters. The van der Waals surface area contributed by atoms with Crippen molar-refractivity contribution in [2.45, 2.75) is 26.2 Å². The number of aryl methyl sites for hydroxylation is 1. The number of anilines is 2. The van der Waals surface area contributed by atoms with Crippen molar-refractivity contribution in [2.24, 2.45) is 0 Å². The second-order valence-electron chi connectivity index (χ2n) is 5.43. The molecule has 0 unspecified atom stereocenters. The van der Waals surface area contributed by atoms with Crippen molar-refractivity contribution >= 4 is 11.6 Å². The third-order valence-electron chi connectivity index (χ3n) is 3.82. The number of aliphatic hydroxyl groups excluding tert-OH is 1. The number of nitrogens with one attached hydrogen (secondary N) is 1. The Morgan fingerprint density at radius 3 is 2.81 bits per heavy atom. The van der Waals surface area contributed by atoms with Crippen molar-refractivity contribution in [3.63, 3.8) is 0 Å². The molecule has 1 aliphatic heterocycles. The number of aliphatic hydroxyl groups is 1. The molecule has 0 aromatic carbocycles. The first-order chi connectivity index (χ1) is 10.3. The lowest BCUT2D eigenvalue weighted by atomic mass is 10.3. The quantitative estimate of drug-likeness (QED) is 0.815. The standard InChI is InChI=1S/C15H27N5O/c1-3-5-13-17-14(16-2)12-15(18-13)20-7-4-6-19(8-9-20)10-11-21/h12,21H,3-11H2,1-2H3,(H,16,17,18). The fourth-order valence-corrected chi connectivity index (χ4v) is 2.67. The lowest BCUT2D eigenvalue weighted by Crippen LogP contribution is -2.33. The van der Waals surface area contributed by atoms with Crippen molar-refractivity contribution in [3.8, 4) is 0 Å². The Morgan fingerprint density at radius 2 is 2.10 bits per heavy atom. The van der Waals surface area contributed by atoms with Crippen LogP contribution in [0.5, 0.6) is 0 Å². The molecule has 0 spiro atoms. The van der Waals surface area contributed by atoms with E-state index in [0.717, 1.165) is 69.4 Å². The number of nitrogens with zero attached hydrogens (tertiary/aromatic N) is 4. The Hall–Kier alpha value is -1.40. The highest BCUT2D eigenvalue weighted by Gasteiger charge is 2.17. The fourth-order valence-electron chi connectivity index (χ4n) is 2.67. The molecule has 21 heavy (non-hydrogen) atoms. The van der Waals surface area contributed by atoms with Crippen LogP contribution in [-0.2, 0) is 6.42 Å². The first-order valence-electron chi connectivity index (χ1n) is 7.90. The Morgan fingerprint density at radius 1 is 1.24 bits per heavy atom. The van der Waals surface area contributed by atoms with Crippen LogP contribution in [-0.4, -0.2) is 66.4 Å². The predicted octanol–water partition coefficient (Wildman–Crippen LogP) is 0.975. The van der Waals surface area contributed by atoms with Gasteiger partial charge in [-0.05, 0) is 19.4 Å². The normalized spacial score (nSPS) is 16.8. The molecular formula is C15H27N5O. The van der Waals surface area contributed by atoms with Crippen molar-refractivity contribution in [1.82, 2.24) is 14.9 Å². The van der Waals surface area contributed by atoms with Crippen LogP contribution in [0, 0.1) is 0 Å². The first-order valence-corrected chi connectivity index (χ1v) is 7.90. The predicted molar refractivity (Wildman–Crippen MR) is 85.9 cm³/mol. The van der Waals surface area contributed by atoms with Crippen molar-refractivity contribution in [3.05, 3.63) is 11.9 Å². The molecule has 1 saturated heterocycles. The van der Waals surface area contributed by atoms with Crippen molar-refractivity contribution < 1.29 is 5.11 Å². The Balaban J connectivity index is 2.11. The molecule has 118 valence electrons. The summed E-state index contributed by atoms with van der Waals surface area (Å²) in [4.78, 5) is 13.9. The van der Waals surface area contributed by atoms with E-state index in [1.807, 2.05) is 13.1 Å². The van der Waals surface area contributed by atoms with Gasteiger partial charge in [-0.25, -0.2) is 9.97 Å². The molecule has 0 saturated carbocycles. The average Bonchev–Trinajstić information content (AvgIpc) is 2.73. The van der Waals surface area contributed by atoms with Crippen LogP contribution < -0.4 is 10.2 Å². The molecule has 0 amide bonds. The van der Waals surface area contributed by atoms with Gasteiger partial charge in [-0.1, -0.05) is 6.92 Å². The lowest BCUT2D eigenvalue weighted by Gasteiger charge is -2.23. The summed E-state index contributed by atoms with van der Waals surface area (Å²) in [6.07, 6.45) is 3.06. The summed E-state index contributed by atoms with van der Waals surface area (Å²) in [5.74, 6) is 2.82. The van der Waals surface area contributed by atoms with Gasteiger partial charge < -0.3 is 15.3 Å². The SMILES string of the molecule is CCCc1nc(NC)cc(N2CCCN(CCO)CC2)n1. The van der Waals surface area contributed by atoms with E-state index in [9.17, 15) is 0 Å². The molecule has 1 aromatic heterocycles. The van der Waals surface area contributed by atoms with E-state index in [2.05, 4.69) is 27.0 Å². The van der Waals surface area contributed by atoms with Gasteiger partial charge in [0, 0.05) is 45.7 Å². The average molecular weight is 293 g/mol. The summed E-state index contributed by atoms with van der Waals surface area (Å²) in [6, 6.07) is 2.03. The largest absolute Gasteiger partial charge is 0.395 e. The van der Waals surface area contributed by atoms with Crippen LogP contribution in [0.2, 0.25) is 0 Å². The minimum atomic E-state index is 0.234. The molecule has 2 N–H and O–H groups in total. The summed E-state index contributed by atoms with van der Waals surface area (Å²) < 4.78 is 0. The summed E-state index contributed by atoms with van der Waals surface area (Å²) in [6.45, 7) is 7.12. The minimum absolute atomic E-state index is 0.234. The molecule has 2 heterocycles. The van der Waals surface area contributed by atoms with Crippen LogP contribution >= 0.6 is 0 Å². The maximum absolute atomic E-state index is 9.07. The molecule has 6 nitrogen and oxygen atoms in total. The van der Waals surface area contributed by atoms with Gasteiger partial charge in [0.25, 0.3) is 0 Å². The van der Waals surface area contributed by atoms with Gasteiger partial charge in [0.2, 0.25) is 0 Å². The van der Waals surface area contributed by atoms with E-state index in [1.165, 1.54) is 0 Å². The van der Waals surface area contributed by atoms with Crippen molar-refractivity contribution in [2.75, 3.05) is 56.6 Å². The van der Waals surface area contributed by atoms with Gasteiger partial charge in [-0.2, -0.15) is 0 Å².